The van der Waals surface area contributed by atoms with Gasteiger partial charge in [0.25, 0.3) is 0 Å². The van der Waals surface area contributed by atoms with Crippen LogP contribution in [0.4, 0.5) is 4.79 Å². The third-order valence-corrected chi connectivity index (χ3v) is 2.93. The Morgan fingerprint density at radius 3 is 2.45 bits per heavy atom. The second-order valence-corrected chi connectivity index (χ2v) is 6.16. The van der Waals surface area contributed by atoms with Gasteiger partial charge < -0.3 is 20.1 Å². The lowest BCUT2D eigenvalue weighted by atomic mass is 10.1. The highest BCUT2D eigenvalue weighted by Crippen LogP contribution is 2.09. The van der Waals surface area contributed by atoms with Gasteiger partial charge in [-0.05, 0) is 44.9 Å². The van der Waals surface area contributed by atoms with Crippen molar-refractivity contribution < 1.29 is 14.3 Å². The maximum Gasteiger partial charge on any atom is 0.407 e. The van der Waals surface area contributed by atoms with Crippen molar-refractivity contribution in [3.05, 3.63) is 35.4 Å². The predicted octanol–water partition coefficient (Wildman–Crippen LogP) is 2.84. The smallest absolute Gasteiger partial charge is 0.407 e. The van der Waals surface area contributed by atoms with Gasteiger partial charge in [-0.25, -0.2) is 4.79 Å². The molecule has 0 aliphatic heterocycles. The molecule has 1 amide bonds. The number of ether oxygens (including phenoxy) is 2. The number of carbonyl (C=O) groups is 1. The van der Waals surface area contributed by atoms with Crippen molar-refractivity contribution >= 4 is 6.09 Å². The molecule has 0 bridgehead atoms. The highest BCUT2D eigenvalue weighted by molar-refractivity contribution is 5.67. The maximum atomic E-state index is 11.5. The van der Waals surface area contributed by atoms with E-state index in [2.05, 4.69) is 22.8 Å². The molecule has 5 heteroatoms. The molecule has 0 aromatic heterocycles. The summed E-state index contributed by atoms with van der Waals surface area (Å²) in [5.74, 6) is 0. The van der Waals surface area contributed by atoms with Crippen molar-refractivity contribution in [3.8, 4) is 0 Å². The van der Waals surface area contributed by atoms with Gasteiger partial charge in [0.15, 0.2) is 0 Å². The summed E-state index contributed by atoms with van der Waals surface area (Å²) in [5.41, 5.74) is 1.99. The lowest BCUT2D eigenvalue weighted by Gasteiger charge is -2.19. The van der Waals surface area contributed by atoms with Crippen molar-refractivity contribution in [3.63, 3.8) is 0 Å². The molecule has 0 fully saturated rings. The van der Waals surface area contributed by atoms with Gasteiger partial charge in [0.2, 0.25) is 0 Å². The van der Waals surface area contributed by atoms with Gasteiger partial charge in [0.05, 0.1) is 6.61 Å². The summed E-state index contributed by atoms with van der Waals surface area (Å²) >= 11 is 0. The molecule has 1 aromatic carbocycles. The first-order valence-corrected chi connectivity index (χ1v) is 7.65. The van der Waals surface area contributed by atoms with E-state index in [-0.39, 0.29) is 6.09 Å². The Bertz CT molecular complexity index is 455. The second kappa shape index (κ2) is 9.43. The summed E-state index contributed by atoms with van der Waals surface area (Å²) in [6.07, 6.45) is 0.490. The third kappa shape index (κ3) is 8.00. The number of alkyl carbamates (subject to hydrolysis) is 1. The number of amides is 1. The van der Waals surface area contributed by atoms with Gasteiger partial charge in [0, 0.05) is 20.2 Å². The molecule has 0 radical (unpaired) electrons. The first kappa shape index (κ1) is 18.5. The molecule has 2 N–H and O–H groups in total. The van der Waals surface area contributed by atoms with E-state index in [1.54, 1.807) is 7.11 Å². The molecule has 124 valence electrons. The molecule has 0 heterocycles. The van der Waals surface area contributed by atoms with Crippen LogP contribution in [-0.2, 0) is 22.6 Å². The summed E-state index contributed by atoms with van der Waals surface area (Å²) in [4.78, 5) is 11.5. The molecule has 0 aliphatic carbocycles. The van der Waals surface area contributed by atoms with Crippen LogP contribution in [0.5, 0.6) is 0 Å². The second-order valence-electron chi connectivity index (χ2n) is 6.16. The van der Waals surface area contributed by atoms with Crippen LogP contribution in [0.15, 0.2) is 24.3 Å². The lowest BCUT2D eigenvalue weighted by Crippen LogP contribution is -2.33. The average Bonchev–Trinajstić information content (AvgIpc) is 2.42. The van der Waals surface area contributed by atoms with Crippen LogP contribution in [0.3, 0.4) is 0 Å². The lowest BCUT2D eigenvalue weighted by molar-refractivity contribution is 0.0527. The van der Waals surface area contributed by atoms with Gasteiger partial charge in [-0.2, -0.15) is 0 Å². The van der Waals surface area contributed by atoms with Gasteiger partial charge in [-0.1, -0.05) is 24.3 Å². The molecular weight excluding hydrogens is 280 g/mol. The fraction of sp³-hybridized carbons (Fsp3) is 0.588. The van der Waals surface area contributed by atoms with Crippen LogP contribution in [0.2, 0.25) is 0 Å². The quantitative estimate of drug-likeness (QED) is 0.725. The van der Waals surface area contributed by atoms with Crippen LogP contribution >= 0.6 is 0 Å². The van der Waals surface area contributed by atoms with Gasteiger partial charge in [-0.3, -0.25) is 0 Å². The SMILES string of the molecule is COCc1ccccc1CNCCCNC(=O)OC(C)(C)C. The molecule has 0 saturated heterocycles. The zero-order valence-electron chi connectivity index (χ0n) is 14.1. The van der Waals surface area contributed by atoms with Gasteiger partial charge in [-0.15, -0.1) is 0 Å². The zero-order valence-corrected chi connectivity index (χ0v) is 14.1. The van der Waals surface area contributed by atoms with E-state index in [0.29, 0.717) is 13.2 Å². The average molecular weight is 308 g/mol. The number of benzene rings is 1. The molecule has 1 rings (SSSR count). The Balaban J connectivity index is 2.17. The number of hydrogen-bond acceptors (Lipinski definition) is 4. The van der Waals surface area contributed by atoms with Crippen molar-refractivity contribution in [1.82, 2.24) is 10.6 Å². The first-order valence-electron chi connectivity index (χ1n) is 7.65. The van der Waals surface area contributed by atoms with E-state index in [4.69, 9.17) is 9.47 Å². The van der Waals surface area contributed by atoms with Crippen molar-refractivity contribution in [2.75, 3.05) is 20.2 Å². The molecular formula is C17H28N2O3. The minimum absolute atomic E-state index is 0.363. The minimum atomic E-state index is -0.451. The van der Waals surface area contributed by atoms with E-state index in [1.807, 2.05) is 32.9 Å². The predicted molar refractivity (Wildman–Crippen MR) is 87.7 cm³/mol. The largest absolute Gasteiger partial charge is 0.444 e. The van der Waals surface area contributed by atoms with Crippen LogP contribution in [-0.4, -0.2) is 31.9 Å². The van der Waals surface area contributed by atoms with Crippen LogP contribution in [0.1, 0.15) is 38.3 Å². The molecule has 0 aliphatic rings. The van der Waals surface area contributed by atoms with E-state index in [9.17, 15) is 4.79 Å². The van der Waals surface area contributed by atoms with Crippen LogP contribution in [0, 0.1) is 0 Å². The van der Waals surface area contributed by atoms with Gasteiger partial charge >= 0.3 is 6.09 Å². The Labute approximate surface area is 133 Å². The first-order chi connectivity index (χ1) is 10.4. The normalized spacial score (nSPS) is 11.3. The van der Waals surface area contributed by atoms with Crippen LogP contribution in [0.25, 0.3) is 0 Å². The van der Waals surface area contributed by atoms with Gasteiger partial charge in [0.1, 0.15) is 5.60 Å². The zero-order chi connectivity index (χ0) is 16.4. The van der Waals surface area contributed by atoms with Crippen molar-refractivity contribution in [2.45, 2.75) is 45.9 Å². The number of hydrogen-bond donors (Lipinski definition) is 2. The van der Waals surface area contributed by atoms with E-state index in [1.165, 1.54) is 11.1 Å². The molecule has 0 spiro atoms. The Hall–Kier alpha value is -1.59. The number of nitrogens with one attached hydrogen (secondary N) is 2. The van der Waals surface area contributed by atoms with Crippen LogP contribution < -0.4 is 10.6 Å². The van der Waals surface area contributed by atoms with E-state index in [0.717, 1.165) is 19.5 Å². The van der Waals surface area contributed by atoms with E-state index < -0.39 is 5.60 Å². The van der Waals surface area contributed by atoms with E-state index >= 15 is 0 Å². The summed E-state index contributed by atoms with van der Waals surface area (Å²) in [6, 6.07) is 8.22. The monoisotopic (exact) mass is 308 g/mol. The standard InChI is InChI=1S/C17H28N2O3/c1-17(2,3)22-16(20)19-11-7-10-18-12-14-8-5-6-9-15(14)13-21-4/h5-6,8-9,18H,7,10-13H2,1-4H3,(H,19,20). The Kier molecular flexibility index (Phi) is 7.91. The van der Waals surface area contributed by atoms with Crippen molar-refractivity contribution in [1.29, 1.82) is 0 Å². The molecule has 0 saturated carbocycles. The highest BCUT2D eigenvalue weighted by atomic mass is 16.6. The number of methoxy groups -OCH3 is 1. The topological polar surface area (TPSA) is 59.6 Å². The molecule has 1 aromatic rings. The number of carbonyl (C=O) groups excluding carboxylic acids is 1. The molecule has 0 atom stereocenters. The molecule has 0 unspecified atom stereocenters. The molecule has 22 heavy (non-hydrogen) atoms. The summed E-state index contributed by atoms with van der Waals surface area (Å²) < 4.78 is 10.4. The fourth-order valence-corrected chi connectivity index (χ4v) is 1.97. The highest BCUT2D eigenvalue weighted by Gasteiger charge is 2.15. The number of rotatable bonds is 8. The molecule has 5 nitrogen and oxygen atoms in total. The fourth-order valence-electron chi connectivity index (χ4n) is 1.97. The maximum absolute atomic E-state index is 11.5. The third-order valence-electron chi connectivity index (χ3n) is 2.93. The summed E-state index contributed by atoms with van der Waals surface area (Å²) in [6.45, 7) is 8.41. The summed E-state index contributed by atoms with van der Waals surface area (Å²) in [7, 11) is 1.70. The Morgan fingerprint density at radius 2 is 1.82 bits per heavy atom. The Morgan fingerprint density at radius 1 is 1.14 bits per heavy atom. The minimum Gasteiger partial charge on any atom is -0.444 e. The van der Waals surface area contributed by atoms with Crippen molar-refractivity contribution in [2.24, 2.45) is 0 Å². The summed E-state index contributed by atoms with van der Waals surface area (Å²) in [5, 5.41) is 6.12.